The molecule has 23 heavy (non-hydrogen) atoms. The van der Waals surface area contributed by atoms with Crippen molar-refractivity contribution in [3.63, 3.8) is 0 Å². The summed E-state index contributed by atoms with van der Waals surface area (Å²) in [5.41, 5.74) is 0. The summed E-state index contributed by atoms with van der Waals surface area (Å²) in [6.45, 7) is 5.47. The van der Waals surface area contributed by atoms with E-state index in [1.165, 1.54) is 0 Å². The van der Waals surface area contributed by atoms with Gasteiger partial charge >= 0.3 is 11.9 Å². The molecule has 0 aromatic rings. The summed E-state index contributed by atoms with van der Waals surface area (Å²) < 4.78 is 19.7. The fourth-order valence-corrected chi connectivity index (χ4v) is 1.84. The monoisotopic (exact) mass is 333 g/mol. The quantitative estimate of drug-likeness (QED) is 0.330. The van der Waals surface area contributed by atoms with Gasteiger partial charge in [0.05, 0.1) is 26.1 Å². The normalized spacial score (nSPS) is 10.8. The highest BCUT2D eigenvalue weighted by molar-refractivity contribution is 5.70. The summed E-state index contributed by atoms with van der Waals surface area (Å²) in [4.78, 5) is 25.3. The molecule has 0 aliphatic carbocycles. The second-order valence-electron chi connectivity index (χ2n) is 5.12. The number of esters is 2. The standard InChI is InChI=1S/C16H31NO6/c1-4-5-8-17(9-6-15(18)22-13-11-20-2)10-7-16(19)23-14-12-21-3/h4-14H2,1-3H3. The molecule has 0 heterocycles. The Kier molecular flexibility index (Phi) is 14.9. The Bertz CT molecular complexity index is 285. The molecule has 7 heteroatoms. The van der Waals surface area contributed by atoms with Crippen LogP contribution in [0.2, 0.25) is 0 Å². The van der Waals surface area contributed by atoms with Crippen LogP contribution in [0.15, 0.2) is 0 Å². The van der Waals surface area contributed by atoms with E-state index in [2.05, 4.69) is 11.8 Å². The van der Waals surface area contributed by atoms with Gasteiger partial charge in [0.25, 0.3) is 0 Å². The summed E-state index contributed by atoms with van der Waals surface area (Å²) in [5.74, 6) is -0.488. The third-order valence-electron chi connectivity index (χ3n) is 3.19. The Morgan fingerprint density at radius 1 is 0.783 bits per heavy atom. The van der Waals surface area contributed by atoms with Gasteiger partial charge in [0.2, 0.25) is 0 Å². The van der Waals surface area contributed by atoms with Crippen LogP contribution in [0.25, 0.3) is 0 Å². The van der Waals surface area contributed by atoms with Crippen molar-refractivity contribution in [1.29, 1.82) is 0 Å². The fraction of sp³-hybridized carbons (Fsp3) is 0.875. The molecule has 0 atom stereocenters. The summed E-state index contributed by atoms with van der Waals surface area (Å²) in [7, 11) is 3.12. The van der Waals surface area contributed by atoms with Crippen LogP contribution in [0.1, 0.15) is 32.6 Å². The van der Waals surface area contributed by atoms with E-state index in [0.29, 0.717) is 39.1 Å². The molecule has 0 aromatic carbocycles. The van der Waals surface area contributed by atoms with Crippen molar-refractivity contribution in [2.75, 3.05) is 60.3 Å². The molecule has 0 saturated heterocycles. The highest BCUT2D eigenvalue weighted by Gasteiger charge is 2.11. The molecule has 0 aliphatic heterocycles. The second kappa shape index (κ2) is 15.7. The van der Waals surface area contributed by atoms with Crippen molar-refractivity contribution in [1.82, 2.24) is 4.90 Å². The van der Waals surface area contributed by atoms with Gasteiger partial charge in [-0.25, -0.2) is 0 Å². The van der Waals surface area contributed by atoms with Crippen LogP contribution in [0.3, 0.4) is 0 Å². The van der Waals surface area contributed by atoms with Crippen LogP contribution in [0.5, 0.6) is 0 Å². The van der Waals surface area contributed by atoms with E-state index in [4.69, 9.17) is 18.9 Å². The molecular formula is C16H31NO6. The maximum Gasteiger partial charge on any atom is 0.307 e. The molecule has 0 amide bonds. The minimum absolute atomic E-state index is 0.244. The van der Waals surface area contributed by atoms with Crippen molar-refractivity contribution in [3.05, 3.63) is 0 Å². The van der Waals surface area contributed by atoms with Gasteiger partial charge in [-0.1, -0.05) is 13.3 Å². The number of carbonyl (C=O) groups is 2. The van der Waals surface area contributed by atoms with Crippen LogP contribution in [0, 0.1) is 0 Å². The van der Waals surface area contributed by atoms with Gasteiger partial charge in [0.15, 0.2) is 0 Å². The smallest absolute Gasteiger partial charge is 0.307 e. The predicted molar refractivity (Wildman–Crippen MR) is 86.3 cm³/mol. The second-order valence-corrected chi connectivity index (χ2v) is 5.12. The van der Waals surface area contributed by atoms with Gasteiger partial charge in [-0.05, 0) is 13.0 Å². The van der Waals surface area contributed by atoms with Gasteiger partial charge in [-0.15, -0.1) is 0 Å². The highest BCUT2D eigenvalue weighted by Crippen LogP contribution is 2.01. The van der Waals surface area contributed by atoms with Crippen molar-refractivity contribution >= 4 is 11.9 Å². The van der Waals surface area contributed by atoms with E-state index >= 15 is 0 Å². The summed E-state index contributed by atoms with van der Waals surface area (Å²) >= 11 is 0. The van der Waals surface area contributed by atoms with E-state index in [0.717, 1.165) is 19.4 Å². The van der Waals surface area contributed by atoms with Crippen LogP contribution in [-0.2, 0) is 28.5 Å². The number of nitrogens with zero attached hydrogens (tertiary/aromatic N) is 1. The maximum absolute atomic E-state index is 11.6. The zero-order valence-corrected chi connectivity index (χ0v) is 14.7. The van der Waals surface area contributed by atoms with E-state index < -0.39 is 0 Å². The zero-order chi connectivity index (χ0) is 17.3. The molecule has 7 nitrogen and oxygen atoms in total. The van der Waals surface area contributed by atoms with Crippen molar-refractivity contribution in [2.45, 2.75) is 32.6 Å². The third-order valence-corrected chi connectivity index (χ3v) is 3.19. The van der Waals surface area contributed by atoms with Gasteiger partial charge in [-0.2, -0.15) is 0 Å². The maximum atomic E-state index is 11.6. The van der Waals surface area contributed by atoms with Crippen molar-refractivity contribution in [3.8, 4) is 0 Å². The number of ether oxygens (including phenoxy) is 4. The van der Waals surface area contributed by atoms with Crippen LogP contribution < -0.4 is 0 Å². The molecule has 0 spiro atoms. The number of carbonyl (C=O) groups excluding carboxylic acids is 2. The first-order valence-corrected chi connectivity index (χ1v) is 8.15. The molecule has 0 aliphatic rings. The number of rotatable bonds is 15. The third kappa shape index (κ3) is 14.2. The molecule has 136 valence electrons. The van der Waals surface area contributed by atoms with E-state index in [9.17, 15) is 9.59 Å². The summed E-state index contributed by atoms with van der Waals surface area (Å²) in [6, 6.07) is 0. The molecule has 0 aromatic heterocycles. The Hall–Kier alpha value is -1.18. The van der Waals surface area contributed by atoms with Crippen LogP contribution in [-0.4, -0.2) is 77.1 Å². The lowest BCUT2D eigenvalue weighted by molar-refractivity contribution is -0.145. The predicted octanol–water partition coefficient (Wildman–Crippen LogP) is 1.25. The lowest BCUT2D eigenvalue weighted by atomic mass is 10.2. The SMILES string of the molecule is CCCCN(CCC(=O)OCCOC)CCC(=O)OCCOC. The largest absolute Gasteiger partial charge is 0.463 e. The minimum atomic E-state index is -0.244. The Balaban J connectivity index is 4.00. The van der Waals surface area contributed by atoms with E-state index in [1.54, 1.807) is 14.2 Å². The summed E-state index contributed by atoms with van der Waals surface area (Å²) in [6.07, 6.45) is 2.71. The van der Waals surface area contributed by atoms with Crippen LogP contribution in [0.4, 0.5) is 0 Å². The average Bonchev–Trinajstić information content (AvgIpc) is 2.54. The first-order chi connectivity index (χ1) is 11.1. The molecule has 0 N–H and O–H groups in total. The molecule has 0 unspecified atom stereocenters. The Labute approximate surface area is 139 Å². The van der Waals surface area contributed by atoms with Gasteiger partial charge in [0.1, 0.15) is 13.2 Å². The average molecular weight is 333 g/mol. The minimum Gasteiger partial charge on any atom is -0.463 e. The van der Waals surface area contributed by atoms with E-state index in [1.807, 2.05) is 0 Å². The molecule has 0 fully saturated rings. The topological polar surface area (TPSA) is 74.3 Å². The lowest BCUT2D eigenvalue weighted by Crippen LogP contribution is -2.31. The number of unbranched alkanes of at least 4 members (excludes halogenated alkanes) is 1. The molecule has 0 rings (SSSR count). The first-order valence-electron chi connectivity index (χ1n) is 8.15. The molecule has 0 radical (unpaired) electrons. The molecular weight excluding hydrogens is 302 g/mol. The number of hydrogen-bond donors (Lipinski definition) is 0. The van der Waals surface area contributed by atoms with Gasteiger partial charge in [0, 0.05) is 27.3 Å². The Morgan fingerprint density at radius 3 is 1.65 bits per heavy atom. The van der Waals surface area contributed by atoms with Crippen molar-refractivity contribution in [2.24, 2.45) is 0 Å². The first kappa shape index (κ1) is 21.8. The van der Waals surface area contributed by atoms with Gasteiger partial charge < -0.3 is 23.8 Å². The molecule has 0 saturated carbocycles. The number of methoxy groups -OCH3 is 2. The zero-order valence-electron chi connectivity index (χ0n) is 14.7. The van der Waals surface area contributed by atoms with Gasteiger partial charge in [-0.3, -0.25) is 9.59 Å². The molecule has 0 bridgehead atoms. The summed E-state index contributed by atoms with van der Waals surface area (Å²) in [5, 5.41) is 0. The van der Waals surface area contributed by atoms with E-state index in [-0.39, 0.29) is 25.2 Å². The fourth-order valence-electron chi connectivity index (χ4n) is 1.84. The number of hydrogen-bond acceptors (Lipinski definition) is 7. The highest BCUT2D eigenvalue weighted by atomic mass is 16.6. The van der Waals surface area contributed by atoms with Crippen molar-refractivity contribution < 1.29 is 28.5 Å². The van der Waals surface area contributed by atoms with Crippen LogP contribution >= 0.6 is 0 Å². The Morgan fingerprint density at radius 2 is 1.26 bits per heavy atom. The lowest BCUT2D eigenvalue weighted by Gasteiger charge is -2.21.